The lowest BCUT2D eigenvalue weighted by Crippen LogP contribution is -2.37. The third-order valence-electron chi connectivity index (χ3n) is 12.9. The minimum Gasteiger partial charge on any atom is -0.456 e. The lowest BCUT2D eigenvalue weighted by atomic mass is 9.61. The molecule has 262 valence electrons. The summed E-state index contributed by atoms with van der Waals surface area (Å²) >= 11 is 0. The molecule has 0 amide bonds. The van der Waals surface area contributed by atoms with Crippen LogP contribution in [0.1, 0.15) is 33.7 Å². The number of fused-ring (bicyclic) bond motifs is 15. The molecule has 4 heterocycles. The van der Waals surface area contributed by atoms with Gasteiger partial charge in [-0.1, -0.05) is 152 Å². The van der Waals surface area contributed by atoms with Gasteiger partial charge in [-0.05, 0) is 75.5 Å². The summed E-state index contributed by atoms with van der Waals surface area (Å²) in [5, 5.41) is 5.05. The number of hydrogen-bond acceptors (Lipinski definition) is 2. The van der Waals surface area contributed by atoms with Gasteiger partial charge in [0.05, 0.1) is 28.2 Å². The molecule has 8 aromatic carbocycles. The van der Waals surface area contributed by atoms with Crippen molar-refractivity contribution >= 4 is 44.0 Å². The molecule has 1 aliphatic carbocycles. The van der Waals surface area contributed by atoms with E-state index in [4.69, 9.17) is 4.74 Å². The highest BCUT2D eigenvalue weighted by Crippen LogP contribution is 2.62. The topological polar surface area (TPSA) is 17.4 Å². The van der Waals surface area contributed by atoms with Crippen LogP contribution in [0.3, 0.4) is 0 Å². The lowest BCUT2D eigenvalue weighted by Gasteiger charge is -2.45. The van der Waals surface area contributed by atoms with E-state index >= 15 is 0 Å². The number of nitrogens with zero attached hydrogens (tertiary/aromatic N) is 2. The Morgan fingerprint density at radius 1 is 0.518 bits per heavy atom. The van der Waals surface area contributed by atoms with E-state index in [2.05, 4.69) is 204 Å². The number of ether oxygens (including phenoxy) is 1. The fourth-order valence-electron chi connectivity index (χ4n) is 10.7. The second-order valence-electron chi connectivity index (χ2n) is 15.6. The van der Waals surface area contributed by atoms with E-state index in [1.165, 1.54) is 77.5 Å². The SMILES string of the molecule is C1=CC2c3cc(-c4cccc5c4Oc4ccccc4C54c5ccccc5-n5c6ccccc6c6cccc4c65)ccc3N(c3ccc4ccccc4c3)C2C=C1. The van der Waals surface area contributed by atoms with Crippen molar-refractivity contribution in [3.63, 3.8) is 0 Å². The van der Waals surface area contributed by atoms with Gasteiger partial charge in [0.2, 0.25) is 0 Å². The van der Waals surface area contributed by atoms with Crippen molar-refractivity contribution in [2.75, 3.05) is 4.90 Å². The quantitative estimate of drug-likeness (QED) is 0.177. The zero-order chi connectivity index (χ0) is 36.5. The Hall–Kier alpha value is -7.10. The number of hydrogen-bond donors (Lipinski definition) is 0. The van der Waals surface area contributed by atoms with Gasteiger partial charge in [0.25, 0.3) is 0 Å². The highest BCUT2D eigenvalue weighted by atomic mass is 16.5. The van der Waals surface area contributed by atoms with Crippen LogP contribution in [0.15, 0.2) is 194 Å². The summed E-state index contributed by atoms with van der Waals surface area (Å²) < 4.78 is 9.66. The number of allylic oxidation sites excluding steroid dienone is 2. The molecule has 3 atom stereocenters. The molecule has 3 heteroatoms. The molecule has 0 N–H and O–H groups in total. The molecule has 1 aromatic heterocycles. The Kier molecular flexibility index (Phi) is 5.94. The first-order chi connectivity index (χ1) is 27.8. The average Bonchev–Trinajstić information content (AvgIpc) is 3.78. The summed E-state index contributed by atoms with van der Waals surface area (Å²) in [6, 6.07) is 63.0. The van der Waals surface area contributed by atoms with E-state index in [1.807, 2.05) is 0 Å². The van der Waals surface area contributed by atoms with Crippen molar-refractivity contribution in [2.24, 2.45) is 0 Å². The third kappa shape index (κ3) is 3.77. The van der Waals surface area contributed by atoms with E-state index in [1.54, 1.807) is 0 Å². The highest BCUT2D eigenvalue weighted by molar-refractivity contribution is 6.12. The average molecular weight is 715 g/mol. The van der Waals surface area contributed by atoms with Gasteiger partial charge in [0.15, 0.2) is 0 Å². The molecule has 0 bridgehead atoms. The number of benzene rings is 8. The predicted octanol–water partition coefficient (Wildman–Crippen LogP) is 13.1. The monoisotopic (exact) mass is 714 g/mol. The molecule has 3 aliphatic heterocycles. The van der Waals surface area contributed by atoms with E-state index in [0.29, 0.717) is 0 Å². The van der Waals surface area contributed by atoms with Gasteiger partial charge in [0, 0.05) is 44.8 Å². The molecule has 3 unspecified atom stereocenters. The maximum Gasteiger partial charge on any atom is 0.140 e. The van der Waals surface area contributed by atoms with Crippen molar-refractivity contribution in [1.82, 2.24) is 4.57 Å². The van der Waals surface area contributed by atoms with Crippen LogP contribution in [-0.2, 0) is 5.41 Å². The van der Waals surface area contributed by atoms with Crippen molar-refractivity contribution in [1.29, 1.82) is 0 Å². The normalized spacial score (nSPS) is 19.5. The first kappa shape index (κ1) is 30.3. The summed E-state index contributed by atoms with van der Waals surface area (Å²) in [6.45, 7) is 0. The first-order valence-corrected chi connectivity index (χ1v) is 19.6. The summed E-state index contributed by atoms with van der Waals surface area (Å²) in [6.07, 6.45) is 9.13. The zero-order valence-electron chi connectivity index (χ0n) is 30.4. The number of aromatic nitrogens is 1. The van der Waals surface area contributed by atoms with E-state index in [9.17, 15) is 0 Å². The maximum atomic E-state index is 7.16. The van der Waals surface area contributed by atoms with Crippen LogP contribution in [-0.4, -0.2) is 10.6 Å². The molecule has 0 saturated carbocycles. The number of rotatable bonds is 2. The Morgan fingerprint density at radius 2 is 1.27 bits per heavy atom. The summed E-state index contributed by atoms with van der Waals surface area (Å²) in [5.74, 6) is 2.05. The van der Waals surface area contributed by atoms with Crippen LogP contribution in [0.2, 0.25) is 0 Å². The smallest absolute Gasteiger partial charge is 0.140 e. The van der Waals surface area contributed by atoms with E-state index in [0.717, 1.165) is 22.6 Å². The van der Waals surface area contributed by atoms with Crippen molar-refractivity contribution < 1.29 is 4.74 Å². The molecular weight excluding hydrogens is 681 g/mol. The fourth-order valence-corrected chi connectivity index (χ4v) is 10.7. The Bertz CT molecular complexity index is 3220. The van der Waals surface area contributed by atoms with Gasteiger partial charge in [0.1, 0.15) is 11.5 Å². The van der Waals surface area contributed by atoms with Crippen LogP contribution in [0.4, 0.5) is 11.4 Å². The highest BCUT2D eigenvalue weighted by Gasteiger charge is 2.50. The Labute approximate surface area is 324 Å². The van der Waals surface area contributed by atoms with E-state index < -0.39 is 5.41 Å². The minimum atomic E-state index is -0.605. The lowest BCUT2D eigenvalue weighted by molar-refractivity contribution is 0.435. The molecule has 0 saturated heterocycles. The predicted molar refractivity (Wildman–Crippen MR) is 229 cm³/mol. The third-order valence-corrected chi connectivity index (χ3v) is 12.9. The standard InChI is InChI=1S/C53H34N2O/c1-2-14-34-31-36(29-27-33(34)13-1)54-46-23-7-4-16-39(46)41-32-35(28-30-48(41)54)37-17-11-22-45-52(37)56-50-26-10-6-20-43(50)53(45)42-19-5-9-25-49(42)55-47-24-8-3-15-38(47)40-18-12-21-44(53)51(40)55/h1-32,39,46H. The van der Waals surface area contributed by atoms with E-state index in [-0.39, 0.29) is 12.0 Å². The van der Waals surface area contributed by atoms with Gasteiger partial charge in [-0.2, -0.15) is 0 Å². The fraction of sp³-hybridized carbons (Fsp3) is 0.0566. The number of para-hydroxylation sites is 5. The molecule has 1 spiro atoms. The van der Waals surface area contributed by atoms with Crippen LogP contribution >= 0.6 is 0 Å². The largest absolute Gasteiger partial charge is 0.456 e. The van der Waals surface area contributed by atoms with Gasteiger partial charge in [-0.3, -0.25) is 0 Å². The molecule has 13 rings (SSSR count). The minimum absolute atomic E-state index is 0.202. The molecule has 4 aliphatic rings. The van der Waals surface area contributed by atoms with Crippen LogP contribution in [0.25, 0.3) is 49.4 Å². The van der Waals surface area contributed by atoms with Crippen molar-refractivity contribution in [3.05, 3.63) is 222 Å². The second kappa shape index (κ2) is 11.0. The molecule has 9 aromatic rings. The molecule has 0 fully saturated rings. The van der Waals surface area contributed by atoms with Crippen LogP contribution in [0.5, 0.6) is 11.5 Å². The molecule has 56 heavy (non-hydrogen) atoms. The summed E-state index contributed by atoms with van der Waals surface area (Å²) in [5.41, 5.74) is 14.0. The van der Waals surface area contributed by atoms with Crippen molar-refractivity contribution in [3.8, 4) is 28.3 Å². The number of anilines is 2. The molecule has 3 nitrogen and oxygen atoms in total. The summed E-state index contributed by atoms with van der Waals surface area (Å²) in [4.78, 5) is 2.52. The zero-order valence-corrected chi connectivity index (χ0v) is 30.4. The molecule has 0 radical (unpaired) electrons. The maximum absolute atomic E-state index is 7.16. The van der Waals surface area contributed by atoms with Crippen LogP contribution < -0.4 is 9.64 Å². The Balaban J connectivity index is 1.06. The first-order valence-electron chi connectivity index (χ1n) is 19.6. The van der Waals surface area contributed by atoms with Crippen molar-refractivity contribution in [2.45, 2.75) is 17.4 Å². The molecular formula is C53H34N2O. The van der Waals surface area contributed by atoms with Gasteiger partial charge < -0.3 is 14.2 Å². The van der Waals surface area contributed by atoms with Gasteiger partial charge >= 0.3 is 0 Å². The van der Waals surface area contributed by atoms with Gasteiger partial charge in [-0.15, -0.1) is 0 Å². The Morgan fingerprint density at radius 3 is 2.23 bits per heavy atom. The second-order valence-corrected chi connectivity index (χ2v) is 15.6. The van der Waals surface area contributed by atoms with Gasteiger partial charge in [-0.25, -0.2) is 0 Å². The van der Waals surface area contributed by atoms with Crippen LogP contribution in [0, 0.1) is 0 Å². The summed E-state index contributed by atoms with van der Waals surface area (Å²) in [7, 11) is 0.